The summed E-state index contributed by atoms with van der Waals surface area (Å²) < 4.78 is 45.5. The summed E-state index contributed by atoms with van der Waals surface area (Å²) >= 11 is 0. The third-order valence-corrected chi connectivity index (χ3v) is 3.97. The van der Waals surface area contributed by atoms with Gasteiger partial charge in [-0.1, -0.05) is 0 Å². The van der Waals surface area contributed by atoms with Gasteiger partial charge in [0.15, 0.2) is 0 Å². The fourth-order valence-corrected chi connectivity index (χ4v) is 2.62. The summed E-state index contributed by atoms with van der Waals surface area (Å²) in [5.74, 6) is -0.642. The Bertz CT molecular complexity index is 510. The van der Waals surface area contributed by atoms with Gasteiger partial charge in [0.1, 0.15) is 11.7 Å². The molecule has 1 aliphatic rings. The first kappa shape index (κ1) is 16.8. The van der Waals surface area contributed by atoms with Crippen LogP contribution in [0.15, 0.2) is 12.3 Å². The SMILES string of the molecule is CCN(C(=O)c1ccnn1C1CCOCC1)C(C)C(F)(F)F. The van der Waals surface area contributed by atoms with Crippen molar-refractivity contribution in [3.8, 4) is 0 Å². The van der Waals surface area contributed by atoms with Crippen molar-refractivity contribution in [2.75, 3.05) is 19.8 Å². The molecule has 1 amide bonds. The number of nitrogens with zero attached hydrogens (tertiary/aromatic N) is 3. The molecular formula is C14H20F3N3O2. The molecule has 1 aromatic heterocycles. The Kier molecular flexibility index (Phi) is 5.10. The van der Waals surface area contributed by atoms with Crippen LogP contribution in [-0.2, 0) is 4.74 Å². The van der Waals surface area contributed by atoms with Gasteiger partial charge in [-0.3, -0.25) is 9.48 Å². The van der Waals surface area contributed by atoms with Gasteiger partial charge in [-0.25, -0.2) is 0 Å². The Morgan fingerprint density at radius 2 is 2.14 bits per heavy atom. The smallest absolute Gasteiger partial charge is 0.381 e. The molecule has 22 heavy (non-hydrogen) atoms. The van der Waals surface area contributed by atoms with Gasteiger partial charge in [-0.15, -0.1) is 0 Å². The molecule has 1 fully saturated rings. The minimum atomic E-state index is -4.45. The molecular weight excluding hydrogens is 299 g/mol. The average molecular weight is 319 g/mol. The number of amides is 1. The molecule has 0 bridgehead atoms. The van der Waals surface area contributed by atoms with Crippen molar-refractivity contribution in [2.45, 2.75) is 44.9 Å². The largest absolute Gasteiger partial charge is 0.408 e. The van der Waals surface area contributed by atoms with E-state index in [2.05, 4.69) is 5.10 Å². The molecule has 0 radical (unpaired) electrons. The Labute approximate surface area is 127 Å². The monoisotopic (exact) mass is 319 g/mol. The van der Waals surface area contributed by atoms with Crippen LogP contribution in [0.1, 0.15) is 43.2 Å². The van der Waals surface area contributed by atoms with Crippen LogP contribution in [0.25, 0.3) is 0 Å². The fraction of sp³-hybridized carbons (Fsp3) is 0.714. The van der Waals surface area contributed by atoms with Crippen molar-refractivity contribution in [3.63, 3.8) is 0 Å². The number of carbonyl (C=O) groups is 1. The van der Waals surface area contributed by atoms with Gasteiger partial charge in [0.25, 0.3) is 5.91 Å². The van der Waals surface area contributed by atoms with Crippen molar-refractivity contribution in [1.82, 2.24) is 14.7 Å². The van der Waals surface area contributed by atoms with Crippen LogP contribution in [0.2, 0.25) is 0 Å². The average Bonchev–Trinajstić information content (AvgIpc) is 2.97. The molecule has 1 saturated heterocycles. The summed E-state index contributed by atoms with van der Waals surface area (Å²) in [6.45, 7) is 3.65. The number of ether oxygens (including phenoxy) is 1. The zero-order valence-electron chi connectivity index (χ0n) is 12.6. The second-order valence-corrected chi connectivity index (χ2v) is 5.31. The van der Waals surface area contributed by atoms with Crippen LogP contribution in [-0.4, -0.2) is 52.6 Å². The van der Waals surface area contributed by atoms with E-state index in [1.165, 1.54) is 23.9 Å². The van der Waals surface area contributed by atoms with Crippen LogP contribution >= 0.6 is 0 Å². The van der Waals surface area contributed by atoms with E-state index >= 15 is 0 Å². The van der Waals surface area contributed by atoms with Crippen LogP contribution in [0.3, 0.4) is 0 Å². The second-order valence-electron chi connectivity index (χ2n) is 5.31. The number of hydrogen-bond donors (Lipinski definition) is 0. The lowest BCUT2D eigenvalue weighted by Crippen LogP contribution is -2.47. The molecule has 0 spiro atoms. The predicted octanol–water partition coefficient (Wildman–Crippen LogP) is 2.65. The summed E-state index contributed by atoms with van der Waals surface area (Å²) in [6.07, 6.45) is -1.60. The van der Waals surface area contributed by atoms with Gasteiger partial charge in [-0.2, -0.15) is 18.3 Å². The van der Waals surface area contributed by atoms with Crippen molar-refractivity contribution >= 4 is 5.91 Å². The summed E-state index contributed by atoms with van der Waals surface area (Å²) in [7, 11) is 0. The zero-order chi connectivity index (χ0) is 16.3. The standard InChI is InChI=1S/C14H20F3N3O2/c1-3-19(10(2)14(15,16)17)13(21)12-4-7-18-20(12)11-5-8-22-9-6-11/h4,7,10-11H,3,5-6,8-9H2,1-2H3. The second kappa shape index (κ2) is 6.68. The highest BCUT2D eigenvalue weighted by Crippen LogP contribution is 2.27. The highest BCUT2D eigenvalue weighted by molar-refractivity contribution is 5.92. The van der Waals surface area contributed by atoms with Crippen LogP contribution < -0.4 is 0 Å². The third kappa shape index (κ3) is 3.43. The minimum absolute atomic E-state index is 0.0115. The lowest BCUT2D eigenvalue weighted by molar-refractivity contribution is -0.171. The van der Waals surface area contributed by atoms with Crippen LogP contribution in [0.5, 0.6) is 0 Å². The van der Waals surface area contributed by atoms with E-state index in [9.17, 15) is 18.0 Å². The van der Waals surface area contributed by atoms with Crippen LogP contribution in [0.4, 0.5) is 13.2 Å². The Morgan fingerprint density at radius 1 is 1.50 bits per heavy atom. The Morgan fingerprint density at radius 3 is 2.68 bits per heavy atom. The maximum atomic E-state index is 12.9. The fourth-order valence-electron chi connectivity index (χ4n) is 2.62. The van der Waals surface area contributed by atoms with Crippen molar-refractivity contribution in [3.05, 3.63) is 18.0 Å². The molecule has 2 heterocycles. The normalized spacial score (nSPS) is 18.2. The van der Waals surface area contributed by atoms with E-state index in [4.69, 9.17) is 4.74 Å². The third-order valence-electron chi connectivity index (χ3n) is 3.97. The van der Waals surface area contributed by atoms with Gasteiger partial charge in [0.05, 0.1) is 6.04 Å². The van der Waals surface area contributed by atoms with E-state index < -0.39 is 18.1 Å². The van der Waals surface area contributed by atoms with E-state index in [0.29, 0.717) is 26.1 Å². The first-order valence-corrected chi connectivity index (χ1v) is 7.35. The number of rotatable bonds is 4. The first-order chi connectivity index (χ1) is 10.4. The lowest BCUT2D eigenvalue weighted by atomic mass is 10.1. The topological polar surface area (TPSA) is 47.4 Å². The Balaban J connectivity index is 2.23. The van der Waals surface area contributed by atoms with Crippen molar-refractivity contribution in [1.29, 1.82) is 0 Å². The summed E-state index contributed by atoms with van der Waals surface area (Å²) in [5.41, 5.74) is 0.199. The lowest BCUT2D eigenvalue weighted by Gasteiger charge is -2.31. The zero-order valence-corrected chi connectivity index (χ0v) is 12.6. The summed E-state index contributed by atoms with van der Waals surface area (Å²) in [5, 5.41) is 4.13. The van der Waals surface area contributed by atoms with Crippen molar-refractivity contribution in [2.24, 2.45) is 0 Å². The molecule has 1 aliphatic heterocycles. The number of halogens is 3. The maximum absolute atomic E-state index is 12.9. The molecule has 1 unspecified atom stereocenters. The maximum Gasteiger partial charge on any atom is 0.408 e. The molecule has 5 nitrogen and oxygen atoms in total. The number of alkyl halides is 3. The summed E-state index contributed by atoms with van der Waals surface area (Å²) in [6, 6.07) is -0.366. The number of carbonyl (C=O) groups excluding carboxylic acids is 1. The molecule has 1 atom stereocenters. The van der Waals surface area contributed by atoms with Crippen LogP contribution in [0, 0.1) is 0 Å². The van der Waals surface area contributed by atoms with Gasteiger partial charge in [0.2, 0.25) is 0 Å². The molecule has 0 aliphatic carbocycles. The molecule has 0 aromatic carbocycles. The van der Waals surface area contributed by atoms with Crippen molar-refractivity contribution < 1.29 is 22.7 Å². The molecule has 0 saturated carbocycles. The highest BCUT2D eigenvalue weighted by Gasteiger charge is 2.42. The first-order valence-electron chi connectivity index (χ1n) is 7.35. The number of aromatic nitrogens is 2. The minimum Gasteiger partial charge on any atom is -0.381 e. The predicted molar refractivity (Wildman–Crippen MR) is 73.5 cm³/mol. The van der Waals surface area contributed by atoms with E-state index in [1.807, 2.05) is 0 Å². The Hall–Kier alpha value is -1.57. The van der Waals surface area contributed by atoms with E-state index in [0.717, 1.165) is 11.8 Å². The van der Waals surface area contributed by atoms with E-state index in [-0.39, 0.29) is 18.3 Å². The molecule has 124 valence electrons. The van der Waals surface area contributed by atoms with Gasteiger partial charge in [-0.05, 0) is 32.8 Å². The molecule has 2 rings (SSSR count). The highest BCUT2D eigenvalue weighted by atomic mass is 19.4. The van der Waals surface area contributed by atoms with E-state index in [1.54, 1.807) is 0 Å². The summed E-state index contributed by atoms with van der Waals surface area (Å²) in [4.78, 5) is 13.3. The molecule has 0 N–H and O–H groups in total. The molecule has 8 heteroatoms. The van der Waals surface area contributed by atoms with Gasteiger partial charge in [0, 0.05) is 26.0 Å². The van der Waals surface area contributed by atoms with Gasteiger partial charge >= 0.3 is 6.18 Å². The molecule has 1 aromatic rings. The number of hydrogen-bond acceptors (Lipinski definition) is 3. The quantitative estimate of drug-likeness (QED) is 0.857. The van der Waals surface area contributed by atoms with Gasteiger partial charge < -0.3 is 9.64 Å².